The summed E-state index contributed by atoms with van der Waals surface area (Å²) in [6.45, 7) is 0. The van der Waals surface area contributed by atoms with E-state index in [9.17, 15) is 8.42 Å². The highest BCUT2D eigenvalue weighted by molar-refractivity contribution is 7.89. The second kappa shape index (κ2) is 3.89. The number of thiophene rings is 1. The van der Waals surface area contributed by atoms with Crippen LogP contribution in [0, 0.1) is 0 Å². The fraction of sp³-hybridized carbons (Fsp3) is 0.455. The fourth-order valence-corrected chi connectivity index (χ4v) is 4.26. The second-order valence-electron chi connectivity index (χ2n) is 4.63. The van der Waals surface area contributed by atoms with Crippen LogP contribution >= 0.6 is 11.3 Å². The van der Waals surface area contributed by atoms with E-state index < -0.39 is 9.84 Å². The SMILES string of the molecule is CS(=O)(=O)Cc1nc(N)c2c3c(sc2n1)CCC3. The van der Waals surface area contributed by atoms with Gasteiger partial charge in [0.15, 0.2) is 9.84 Å². The average molecular weight is 283 g/mol. The van der Waals surface area contributed by atoms with Crippen molar-refractivity contribution in [1.29, 1.82) is 0 Å². The number of nitrogens with zero attached hydrogens (tertiary/aromatic N) is 2. The number of nitrogen functional groups attached to an aromatic ring is 1. The summed E-state index contributed by atoms with van der Waals surface area (Å²) in [4.78, 5) is 10.6. The molecular formula is C11H13N3O2S2. The molecule has 1 aliphatic carbocycles. The van der Waals surface area contributed by atoms with E-state index in [0.29, 0.717) is 11.6 Å². The van der Waals surface area contributed by atoms with Gasteiger partial charge in [0.05, 0.1) is 5.39 Å². The van der Waals surface area contributed by atoms with Crippen LogP contribution in [-0.4, -0.2) is 24.6 Å². The smallest absolute Gasteiger partial charge is 0.154 e. The fourth-order valence-electron chi connectivity index (χ4n) is 2.37. The lowest BCUT2D eigenvalue weighted by atomic mass is 10.2. The molecule has 18 heavy (non-hydrogen) atoms. The molecule has 2 aromatic heterocycles. The van der Waals surface area contributed by atoms with Gasteiger partial charge in [-0.15, -0.1) is 11.3 Å². The van der Waals surface area contributed by atoms with Crippen molar-refractivity contribution >= 4 is 37.2 Å². The Morgan fingerprint density at radius 2 is 2.11 bits per heavy atom. The zero-order chi connectivity index (χ0) is 12.9. The molecule has 0 aliphatic heterocycles. The van der Waals surface area contributed by atoms with Crippen molar-refractivity contribution < 1.29 is 8.42 Å². The Kier molecular flexibility index (Phi) is 2.56. The Morgan fingerprint density at radius 1 is 1.33 bits per heavy atom. The molecule has 0 atom stereocenters. The number of hydrogen-bond donors (Lipinski definition) is 1. The van der Waals surface area contributed by atoms with E-state index in [1.165, 1.54) is 16.7 Å². The molecule has 0 spiro atoms. The summed E-state index contributed by atoms with van der Waals surface area (Å²) in [7, 11) is -3.13. The summed E-state index contributed by atoms with van der Waals surface area (Å²) >= 11 is 1.61. The average Bonchev–Trinajstić information content (AvgIpc) is 2.72. The van der Waals surface area contributed by atoms with Gasteiger partial charge in [-0.2, -0.15) is 0 Å². The van der Waals surface area contributed by atoms with Crippen molar-refractivity contribution in [2.24, 2.45) is 0 Å². The maximum atomic E-state index is 11.3. The van der Waals surface area contributed by atoms with Crippen molar-refractivity contribution in [1.82, 2.24) is 9.97 Å². The van der Waals surface area contributed by atoms with E-state index in [-0.39, 0.29) is 5.75 Å². The van der Waals surface area contributed by atoms with Crippen molar-refractivity contribution in [2.45, 2.75) is 25.0 Å². The number of sulfone groups is 1. The van der Waals surface area contributed by atoms with Gasteiger partial charge in [0, 0.05) is 11.1 Å². The molecule has 7 heteroatoms. The Bertz CT molecular complexity index is 734. The molecule has 2 aromatic rings. The highest BCUT2D eigenvalue weighted by Crippen LogP contribution is 2.38. The van der Waals surface area contributed by atoms with Crippen molar-refractivity contribution in [3.05, 3.63) is 16.3 Å². The van der Waals surface area contributed by atoms with E-state index in [4.69, 9.17) is 5.73 Å². The summed E-state index contributed by atoms with van der Waals surface area (Å²) in [5.41, 5.74) is 7.22. The molecule has 0 saturated heterocycles. The van der Waals surface area contributed by atoms with Crippen LogP contribution in [0.3, 0.4) is 0 Å². The van der Waals surface area contributed by atoms with Gasteiger partial charge in [0.25, 0.3) is 0 Å². The van der Waals surface area contributed by atoms with Crippen molar-refractivity contribution in [2.75, 3.05) is 12.0 Å². The molecule has 0 amide bonds. The number of hydrogen-bond acceptors (Lipinski definition) is 6. The number of aromatic nitrogens is 2. The monoisotopic (exact) mass is 283 g/mol. The first kappa shape index (κ1) is 11.9. The lowest BCUT2D eigenvalue weighted by Crippen LogP contribution is -2.07. The van der Waals surface area contributed by atoms with E-state index in [0.717, 1.165) is 29.5 Å². The largest absolute Gasteiger partial charge is 0.383 e. The third-order valence-electron chi connectivity index (χ3n) is 3.03. The van der Waals surface area contributed by atoms with Crippen LogP contribution in [0.1, 0.15) is 22.7 Å². The third kappa shape index (κ3) is 1.97. The summed E-state index contributed by atoms with van der Waals surface area (Å²) < 4.78 is 22.5. The molecule has 0 unspecified atom stereocenters. The predicted octanol–water partition coefficient (Wildman–Crippen LogP) is 1.31. The molecule has 2 N–H and O–H groups in total. The molecule has 0 saturated carbocycles. The quantitative estimate of drug-likeness (QED) is 0.898. The molecule has 0 fully saturated rings. The van der Waals surface area contributed by atoms with Crippen LogP contribution in [-0.2, 0) is 28.4 Å². The molecule has 5 nitrogen and oxygen atoms in total. The predicted molar refractivity (Wildman–Crippen MR) is 72.4 cm³/mol. The van der Waals surface area contributed by atoms with Gasteiger partial charge in [-0.05, 0) is 24.8 Å². The van der Waals surface area contributed by atoms with E-state index in [1.807, 2.05) is 0 Å². The maximum Gasteiger partial charge on any atom is 0.154 e. The van der Waals surface area contributed by atoms with E-state index >= 15 is 0 Å². The Hall–Kier alpha value is -1.21. The standard InChI is InChI=1S/C11H13N3O2S2/c1-18(15,16)5-8-13-10(12)9-6-3-2-4-7(6)17-11(9)14-8/h2-5H2,1H3,(H2,12,13,14). The van der Waals surface area contributed by atoms with Gasteiger partial charge in [0.1, 0.15) is 22.2 Å². The van der Waals surface area contributed by atoms with E-state index in [2.05, 4.69) is 9.97 Å². The van der Waals surface area contributed by atoms with Crippen LogP contribution in [0.4, 0.5) is 5.82 Å². The maximum absolute atomic E-state index is 11.3. The summed E-state index contributed by atoms with van der Waals surface area (Å²) in [6, 6.07) is 0. The Balaban J connectivity index is 2.17. The molecule has 3 rings (SSSR count). The van der Waals surface area contributed by atoms with Gasteiger partial charge in [-0.3, -0.25) is 0 Å². The molecule has 1 aliphatic rings. The van der Waals surface area contributed by atoms with Crippen molar-refractivity contribution in [3.8, 4) is 0 Å². The highest BCUT2D eigenvalue weighted by Gasteiger charge is 2.21. The Morgan fingerprint density at radius 3 is 2.83 bits per heavy atom. The number of aryl methyl sites for hydroxylation is 2. The summed E-state index contributed by atoms with van der Waals surface area (Å²) in [6.07, 6.45) is 4.41. The van der Waals surface area contributed by atoms with Crippen LogP contribution in [0.15, 0.2) is 0 Å². The van der Waals surface area contributed by atoms with E-state index in [1.54, 1.807) is 11.3 Å². The van der Waals surface area contributed by atoms with Gasteiger partial charge in [-0.1, -0.05) is 0 Å². The summed E-state index contributed by atoms with van der Waals surface area (Å²) in [5, 5.41) is 0.935. The van der Waals surface area contributed by atoms with Gasteiger partial charge >= 0.3 is 0 Å². The van der Waals surface area contributed by atoms with Crippen LogP contribution in [0.2, 0.25) is 0 Å². The molecule has 0 bridgehead atoms. The zero-order valence-corrected chi connectivity index (χ0v) is 11.6. The first-order chi connectivity index (χ1) is 8.44. The molecule has 0 aromatic carbocycles. The normalized spacial score (nSPS) is 15.2. The first-order valence-corrected chi connectivity index (χ1v) is 8.56. The third-order valence-corrected chi connectivity index (χ3v) is 5.00. The minimum Gasteiger partial charge on any atom is -0.383 e. The van der Waals surface area contributed by atoms with Crippen LogP contribution in [0.25, 0.3) is 10.2 Å². The molecule has 0 radical (unpaired) electrons. The van der Waals surface area contributed by atoms with Crippen LogP contribution < -0.4 is 5.73 Å². The van der Waals surface area contributed by atoms with Gasteiger partial charge in [0.2, 0.25) is 0 Å². The minimum atomic E-state index is -3.13. The lowest BCUT2D eigenvalue weighted by Gasteiger charge is -2.02. The molecule has 2 heterocycles. The van der Waals surface area contributed by atoms with Crippen LogP contribution in [0.5, 0.6) is 0 Å². The minimum absolute atomic E-state index is 0.157. The number of anilines is 1. The van der Waals surface area contributed by atoms with Crippen molar-refractivity contribution in [3.63, 3.8) is 0 Å². The Labute approximate surface area is 109 Å². The first-order valence-electron chi connectivity index (χ1n) is 5.68. The number of fused-ring (bicyclic) bond motifs is 3. The number of rotatable bonds is 2. The van der Waals surface area contributed by atoms with Gasteiger partial charge in [-0.25, -0.2) is 18.4 Å². The molecule has 96 valence electrons. The van der Waals surface area contributed by atoms with Gasteiger partial charge < -0.3 is 5.73 Å². The highest BCUT2D eigenvalue weighted by atomic mass is 32.2. The second-order valence-corrected chi connectivity index (χ2v) is 7.86. The topological polar surface area (TPSA) is 85.9 Å². The molecular weight excluding hydrogens is 270 g/mol. The zero-order valence-electron chi connectivity index (χ0n) is 9.93. The number of nitrogens with two attached hydrogens (primary N) is 1. The lowest BCUT2D eigenvalue weighted by molar-refractivity contribution is 0.600. The summed E-state index contributed by atoms with van der Waals surface area (Å²) in [5.74, 6) is 0.552.